The van der Waals surface area contributed by atoms with Gasteiger partial charge in [-0.1, -0.05) is 29.8 Å². The SMILES string of the molecule is O=C(NCCCCN1CCOCC1)c1sc2ccccc2c1Cl. The maximum atomic E-state index is 12.3. The van der Waals surface area contributed by atoms with Crippen LogP contribution in [-0.4, -0.2) is 50.2 Å². The van der Waals surface area contributed by atoms with E-state index in [1.807, 2.05) is 24.3 Å². The molecular formula is C17H21ClN2O2S. The molecular weight excluding hydrogens is 332 g/mol. The second-order valence-corrected chi connectivity index (χ2v) is 7.09. The molecule has 0 bridgehead atoms. The first-order valence-corrected chi connectivity index (χ1v) is 9.20. The lowest BCUT2D eigenvalue weighted by atomic mass is 10.2. The van der Waals surface area contributed by atoms with Crippen LogP contribution in [0.5, 0.6) is 0 Å². The Hall–Kier alpha value is -1.14. The molecule has 1 aliphatic rings. The van der Waals surface area contributed by atoms with E-state index in [2.05, 4.69) is 10.2 Å². The van der Waals surface area contributed by atoms with Crippen LogP contribution < -0.4 is 5.32 Å². The average molecular weight is 353 g/mol. The number of halogens is 1. The molecule has 1 aromatic heterocycles. The predicted octanol–water partition coefficient (Wildman–Crippen LogP) is 3.40. The van der Waals surface area contributed by atoms with Gasteiger partial charge in [0.25, 0.3) is 5.91 Å². The summed E-state index contributed by atoms with van der Waals surface area (Å²) in [5.74, 6) is -0.0671. The molecule has 124 valence electrons. The first kappa shape index (κ1) is 16.7. The Kier molecular flexibility index (Phi) is 5.89. The summed E-state index contributed by atoms with van der Waals surface area (Å²) in [5, 5.41) is 4.50. The highest BCUT2D eigenvalue weighted by molar-refractivity contribution is 7.21. The number of nitrogens with zero attached hydrogens (tertiary/aromatic N) is 1. The van der Waals surface area contributed by atoms with E-state index < -0.39 is 0 Å². The van der Waals surface area contributed by atoms with Crippen molar-refractivity contribution in [2.24, 2.45) is 0 Å². The molecule has 1 saturated heterocycles. The topological polar surface area (TPSA) is 41.6 Å². The number of rotatable bonds is 6. The summed E-state index contributed by atoms with van der Waals surface area (Å²) in [6.45, 7) is 5.46. The zero-order chi connectivity index (χ0) is 16.1. The monoisotopic (exact) mass is 352 g/mol. The summed E-state index contributed by atoms with van der Waals surface area (Å²) in [7, 11) is 0. The lowest BCUT2D eigenvalue weighted by Crippen LogP contribution is -2.37. The Bertz CT molecular complexity index is 668. The number of morpholine rings is 1. The van der Waals surface area contributed by atoms with Crippen molar-refractivity contribution in [1.29, 1.82) is 0 Å². The molecule has 1 fully saturated rings. The van der Waals surface area contributed by atoms with E-state index in [-0.39, 0.29) is 5.91 Å². The van der Waals surface area contributed by atoms with Crippen molar-refractivity contribution in [3.05, 3.63) is 34.2 Å². The Labute approximate surface area is 145 Å². The first-order valence-electron chi connectivity index (χ1n) is 8.01. The lowest BCUT2D eigenvalue weighted by molar-refractivity contribution is 0.0372. The summed E-state index contributed by atoms with van der Waals surface area (Å²) in [4.78, 5) is 15.3. The van der Waals surface area contributed by atoms with Crippen molar-refractivity contribution in [2.75, 3.05) is 39.4 Å². The number of fused-ring (bicyclic) bond motifs is 1. The molecule has 0 unspecified atom stereocenters. The molecule has 1 aromatic carbocycles. The van der Waals surface area contributed by atoms with E-state index in [0.717, 1.165) is 55.8 Å². The Morgan fingerprint density at radius 2 is 2.04 bits per heavy atom. The van der Waals surface area contributed by atoms with Crippen LogP contribution >= 0.6 is 22.9 Å². The normalized spacial score (nSPS) is 15.9. The number of hydrogen-bond acceptors (Lipinski definition) is 4. The summed E-state index contributed by atoms with van der Waals surface area (Å²) >= 11 is 7.78. The van der Waals surface area contributed by atoms with Gasteiger partial charge in [0.05, 0.1) is 18.2 Å². The van der Waals surface area contributed by atoms with Crippen molar-refractivity contribution in [3.63, 3.8) is 0 Å². The minimum Gasteiger partial charge on any atom is -0.379 e. The minimum absolute atomic E-state index is 0.0671. The van der Waals surface area contributed by atoms with Gasteiger partial charge in [-0.15, -0.1) is 11.3 Å². The smallest absolute Gasteiger partial charge is 0.262 e. The minimum atomic E-state index is -0.0671. The highest BCUT2D eigenvalue weighted by Gasteiger charge is 2.16. The number of carbonyl (C=O) groups is 1. The molecule has 1 amide bonds. The van der Waals surface area contributed by atoms with Gasteiger partial charge in [-0.05, 0) is 25.5 Å². The fraction of sp³-hybridized carbons (Fsp3) is 0.471. The van der Waals surface area contributed by atoms with Crippen molar-refractivity contribution in [1.82, 2.24) is 10.2 Å². The van der Waals surface area contributed by atoms with Crippen LogP contribution in [0.15, 0.2) is 24.3 Å². The molecule has 0 saturated carbocycles. The van der Waals surface area contributed by atoms with Gasteiger partial charge in [0, 0.05) is 29.7 Å². The van der Waals surface area contributed by atoms with Crippen LogP contribution in [0.25, 0.3) is 10.1 Å². The molecule has 23 heavy (non-hydrogen) atoms. The molecule has 0 spiro atoms. The van der Waals surface area contributed by atoms with Gasteiger partial charge < -0.3 is 10.1 Å². The van der Waals surface area contributed by atoms with E-state index in [1.165, 1.54) is 11.3 Å². The second-order valence-electron chi connectivity index (χ2n) is 5.66. The van der Waals surface area contributed by atoms with Crippen molar-refractivity contribution >= 4 is 38.9 Å². The summed E-state index contributed by atoms with van der Waals surface area (Å²) < 4.78 is 6.38. The fourth-order valence-corrected chi connectivity index (χ4v) is 4.16. The van der Waals surface area contributed by atoms with Gasteiger partial charge in [-0.25, -0.2) is 0 Å². The largest absolute Gasteiger partial charge is 0.379 e. The van der Waals surface area contributed by atoms with Gasteiger partial charge in [0.1, 0.15) is 4.88 Å². The van der Waals surface area contributed by atoms with Crippen molar-refractivity contribution in [3.8, 4) is 0 Å². The van der Waals surface area contributed by atoms with Gasteiger partial charge in [-0.3, -0.25) is 9.69 Å². The average Bonchev–Trinajstić information content (AvgIpc) is 2.93. The molecule has 4 nitrogen and oxygen atoms in total. The Morgan fingerprint density at radius 1 is 1.26 bits per heavy atom. The number of amides is 1. The second kappa shape index (κ2) is 8.11. The van der Waals surface area contributed by atoms with E-state index in [0.29, 0.717) is 16.4 Å². The van der Waals surface area contributed by atoms with Crippen LogP contribution in [0.1, 0.15) is 22.5 Å². The molecule has 2 aromatic rings. The van der Waals surface area contributed by atoms with Crippen LogP contribution in [0.3, 0.4) is 0 Å². The summed E-state index contributed by atoms with van der Waals surface area (Å²) in [6, 6.07) is 7.84. The highest BCUT2D eigenvalue weighted by Crippen LogP contribution is 2.34. The maximum absolute atomic E-state index is 12.3. The third-order valence-electron chi connectivity index (χ3n) is 4.03. The van der Waals surface area contributed by atoms with Crippen molar-refractivity contribution in [2.45, 2.75) is 12.8 Å². The van der Waals surface area contributed by atoms with E-state index in [4.69, 9.17) is 16.3 Å². The summed E-state index contributed by atoms with van der Waals surface area (Å²) in [5.41, 5.74) is 0. The third-order valence-corrected chi connectivity index (χ3v) is 5.71. The zero-order valence-corrected chi connectivity index (χ0v) is 14.6. The van der Waals surface area contributed by atoms with Gasteiger partial charge in [0.2, 0.25) is 0 Å². The number of benzene rings is 1. The van der Waals surface area contributed by atoms with Gasteiger partial charge >= 0.3 is 0 Å². The van der Waals surface area contributed by atoms with Crippen LogP contribution in [0.2, 0.25) is 5.02 Å². The molecule has 3 rings (SSSR count). The number of ether oxygens (including phenoxy) is 1. The first-order chi connectivity index (χ1) is 11.3. The molecule has 0 radical (unpaired) electrons. The van der Waals surface area contributed by atoms with E-state index in [9.17, 15) is 4.79 Å². The Balaban J connectivity index is 1.44. The molecule has 0 aliphatic carbocycles. The van der Waals surface area contributed by atoms with E-state index in [1.54, 1.807) is 0 Å². The molecule has 1 aliphatic heterocycles. The predicted molar refractivity (Wildman–Crippen MR) is 95.7 cm³/mol. The lowest BCUT2D eigenvalue weighted by Gasteiger charge is -2.26. The van der Waals surface area contributed by atoms with E-state index >= 15 is 0 Å². The van der Waals surface area contributed by atoms with Crippen molar-refractivity contribution < 1.29 is 9.53 Å². The van der Waals surface area contributed by atoms with Crippen LogP contribution in [0, 0.1) is 0 Å². The molecule has 2 heterocycles. The van der Waals surface area contributed by atoms with Gasteiger partial charge in [0.15, 0.2) is 0 Å². The number of hydrogen-bond donors (Lipinski definition) is 1. The Morgan fingerprint density at radius 3 is 2.83 bits per heavy atom. The number of nitrogens with one attached hydrogen (secondary N) is 1. The van der Waals surface area contributed by atoms with Crippen LogP contribution in [0.4, 0.5) is 0 Å². The molecule has 1 N–H and O–H groups in total. The summed E-state index contributed by atoms with van der Waals surface area (Å²) in [6.07, 6.45) is 2.06. The highest BCUT2D eigenvalue weighted by atomic mass is 35.5. The fourth-order valence-electron chi connectivity index (χ4n) is 2.73. The zero-order valence-electron chi connectivity index (χ0n) is 13.0. The quantitative estimate of drug-likeness (QED) is 0.810. The maximum Gasteiger partial charge on any atom is 0.262 e. The third kappa shape index (κ3) is 4.23. The number of thiophene rings is 1. The number of carbonyl (C=O) groups excluding carboxylic acids is 1. The number of unbranched alkanes of at least 4 members (excludes halogenated alkanes) is 1. The van der Waals surface area contributed by atoms with Crippen LogP contribution in [-0.2, 0) is 4.74 Å². The van der Waals surface area contributed by atoms with Gasteiger partial charge in [-0.2, -0.15) is 0 Å². The molecule has 6 heteroatoms. The molecule has 0 atom stereocenters. The standard InChI is InChI=1S/C17H21ClN2O2S/c18-15-13-5-1-2-6-14(13)23-16(15)17(21)19-7-3-4-8-20-9-11-22-12-10-20/h1-2,5-6H,3-4,7-12H2,(H,19,21).